The first-order valence-electron chi connectivity index (χ1n) is 3.99. The fraction of sp³-hybridized carbons (Fsp3) is 0.357. The summed E-state index contributed by atoms with van der Waals surface area (Å²) in [6.07, 6.45) is 11.1. The molecule has 1 aliphatic carbocycles. The Kier molecular flexibility index (Phi) is 122. The van der Waals surface area contributed by atoms with Gasteiger partial charge in [0.2, 0.25) is 0 Å². The molecule has 0 aromatic heterocycles. The van der Waals surface area contributed by atoms with E-state index < -0.39 is 0 Å². The maximum absolute atomic E-state index is 2.99. The van der Waals surface area contributed by atoms with Gasteiger partial charge in [0.25, 0.3) is 0 Å². The van der Waals surface area contributed by atoms with Gasteiger partial charge in [-0.2, -0.15) is 12.5 Å². The molecule has 116 valence electrons. The molecule has 0 saturated carbocycles. The number of hydrogen-bond donors (Lipinski definition) is 0. The third-order valence-corrected chi connectivity index (χ3v) is 1.13. The van der Waals surface area contributed by atoms with Crippen molar-refractivity contribution >= 4 is 24.8 Å². The smallest absolute Gasteiger partial charge is 0 e. The summed E-state index contributed by atoms with van der Waals surface area (Å²) < 4.78 is 0. The number of hydrogen-bond acceptors (Lipinski definition) is 1. The van der Waals surface area contributed by atoms with Gasteiger partial charge in [0.1, 0.15) is 0 Å². The van der Waals surface area contributed by atoms with Crippen LogP contribution in [-0.2, 0) is 21.7 Å². The normalized spacial score (nSPS) is 8.22. The molecular formula is C14H31Cl2NTi-6. The Labute approximate surface area is 145 Å². The van der Waals surface area contributed by atoms with Crippen LogP contribution in [0.4, 0.5) is 0 Å². The van der Waals surface area contributed by atoms with Gasteiger partial charge >= 0.3 is 0 Å². The minimum absolute atomic E-state index is 0. The Morgan fingerprint density at radius 2 is 1.56 bits per heavy atom. The van der Waals surface area contributed by atoms with E-state index in [4.69, 9.17) is 0 Å². The van der Waals surface area contributed by atoms with Gasteiger partial charge in [-0.05, 0) is 14.1 Å². The van der Waals surface area contributed by atoms with Crippen molar-refractivity contribution in [3.8, 4) is 0 Å². The van der Waals surface area contributed by atoms with E-state index in [9.17, 15) is 0 Å². The largest absolute Gasteiger partial charge is 0.462 e. The SMILES string of the molecule is CC[CH-]N(C)C.Cl.Cl.[C-]1=CC=CC1.[CH3-].[CH3-].[CH3-].[CH3-].[Ti]. The molecular weight excluding hydrogens is 301 g/mol. The molecule has 0 aromatic carbocycles. The van der Waals surface area contributed by atoms with E-state index >= 15 is 0 Å². The van der Waals surface area contributed by atoms with Crippen LogP contribution in [-0.4, -0.2) is 19.0 Å². The summed E-state index contributed by atoms with van der Waals surface area (Å²) in [6, 6.07) is 0. The van der Waals surface area contributed by atoms with Crippen LogP contribution in [0.3, 0.4) is 0 Å². The second-order valence-electron chi connectivity index (χ2n) is 2.56. The number of halogens is 2. The summed E-state index contributed by atoms with van der Waals surface area (Å²) in [6.45, 7) is 4.25. The van der Waals surface area contributed by atoms with Crippen molar-refractivity contribution in [2.24, 2.45) is 0 Å². The molecule has 1 rings (SSSR count). The van der Waals surface area contributed by atoms with Crippen LogP contribution in [0.25, 0.3) is 0 Å². The molecule has 18 heavy (non-hydrogen) atoms. The summed E-state index contributed by atoms with van der Waals surface area (Å²) in [7, 11) is 4.06. The Balaban J connectivity index is -0.0000000134. The molecule has 0 radical (unpaired) electrons. The first kappa shape index (κ1) is 51.1. The van der Waals surface area contributed by atoms with Gasteiger partial charge in [-0.15, -0.1) is 31.2 Å². The minimum Gasteiger partial charge on any atom is -0.462 e. The maximum Gasteiger partial charge on any atom is 0 e. The first-order chi connectivity index (χ1) is 5.27. The van der Waals surface area contributed by atoms with Gasteiger partial charge in [-0.1, -0.05) is 6.92 Å². The maximum atomic E-state index is 2.99. The van der Waals surface area contributed by atoms with Gasteiger partial charge in [-0.3, -0.25) is 12.6 Å². The van der Waals surface area contributed by atoms with Crippen LogP contribution >= 0.6 is 24.8 Å². The van der Waals surface area contributed by atoms with Crippen LogP contribution in [0.15, 0.2) is 18.2 Å². The molecule has 0 aromatic rings. The fourth-order valence-electron chi connectivity index (χ4n) is 0.705. The van der Waals surface area contributed by atoms with E-state index in [0.717, 1.165) is 12.8 Å². The Morgan fingerprint density at radius 1 is 1.11 bits per heavy atom. The van der Waals surface area contributed by atoms with Crippen molar-refractivity contribution in [1.82, 2.24) is 4.90 Å². The molecule has 4 heteroatoms. The summed E-state index contributed by atoms with van der Waals surface area (Å²) >= 11 is 0. The van der Waals surface area contributed by atoms with Crippen molar-refractivity contribution in [3.05, 3.63) is 60.6 Å². The molecule has 0 saturated heterocycles. The molecule has 1 aliphatic rings. The van der Waals surface area contributed by atoms with E-state index in [-0.39, 0.29) is 76.2 Å². The van der Waals surface area contributed by atoms with Crippen molar-refractivity contribution in [2.75, 3.05) is 14.1 Å². The quantitative estimate of drug-likeness (QED) is 0.504. The van der Waals surface area contributed by atoms with Crippen LogP contribution in [0.2, 0.25) is 0 Å². The topological polar surface area (TPSA) is 3.24 Å². The summed E-state index contributed by atoms with van der Waals surface area (Å²) in [5.41, 5.74) is 0. The van der Waals surface area contributed by atoms with Gasteiger partial charge in [0, 0.05) is 21.7 Å². The molecule has 0 fully saturated rings. The molecule has 0 unspecified atom stereocenters. The average Bonchev–Trinajstić information content (AvgIpc) is 2.41. The predicted octanol–water partition coefficient (Wildman–Crippen LogP) is 5.07. The zero-order valence-electron chi connectivity index (χ0n) is 13.0. The second kappa shape index (κ2) is 43.1. The minimum atomic E-state index is 0. The molecule has 0 N–H and O–H groups in total. The third-order valence-electron chi connectivity index (χ3n) is 1.13. The van der Waals surface area contributed by atoms with Crippen molar-refractivity contribution in [2.45, 2.75) is 19.8 Å². The molecule has 0 heterocycles. The molecule has 0 spiro atoms. The molecule has 0 aliphatic heterocycles. The first-order valence-corrected chi connectivity index (χ1v) is 3.99. The van der Waals surface area contributed by atoms with Gasteiger partial charge in [0.15, 0.2) is 0 Å². The van der Waals surface area contributed by atoms with Crippen molar-refractivity contribution in [1.29, 1.82) is 0 Å². The standard InChI is InChI=1S/C5H12N.C5H5.4CH3.2ClH.Ti/c1-4-5-6(2)3;1-2-4-5-3-1;;;;;;;/h5H,4H2,1-3H3;1-3H,4H2;4*1H3;2*1H;/q6*-1;;;. The monoisotopic (exact) mass is 331 g/mol. The van der Waals surface area contributed by atoms with E-state index in [1.54, 1.807) is 0 Å². The van der Waals surface area contributed by atoms with Crippen molar-refractivity contribution in [3.63, 3.8) is 0 Å². The van der Waals surface area contributed by atoms with Crippen LogP contribution < -0.4 is 0 Å². The average molecular weight is 332 g/mol. The Hall–Kier alpha value is 0.734. The zero-order chi connectivity index (χ0) is 8.53. The molecule has 1 nitrogen and oxygen atoms in total. The van der Waals surface area contributed by atoms with E-state index in [1.807, 2.05) is 26.2 Å². The zero-order valence-corrected chi connectivity index (χ0v) is 16.2. The summed E-state index contributed by atoms with van der Waals surface area (Å²) in [4.78, 5) is 2.06. The summed E-state index contributed by atoms with van der Waals surface area (Å²) in [5.74, 6) is 0. The van der Waals surface area contributed by atoms with Crippen LogP contribution in [0, 0.1) is 42.3 Å². The molecule has 0 bridgehead atoms. The molecule has 0 amide bonds. The van der Waals surface area contributed by atoms with Gasteiger partial charge in [-0.25, -0.2) is 12.2 Å². The molecule has 0 atom stereocenters. The van der Waals surface area contributed by atoms with Crippen LogP contribution in [0.1, 0.15) is 19.8 Å². The van der Waals surface area contributed by atoms with Gasteiger partial charge in [0.05, 0.1) is 0 Å². The predicted molar refractivity (Wildman–Crippen MR) is 90.0 cm³/mol. The number of rotatable bonds is 2. The fourth-order valence-corrected chi connectivity index (χ4v) is 0.705. The van der Waals surface area contributed by atoms with E-state index in [0.29, 0.717) is 0 Å². The Morgan fingerprint density at radius 3 is 1.61 bits per heavy atom. The number of nitrogens with zero attached hydrogens (tertiary/aromatic N) is 1. The van der Waals surface area contributed by atoms with Crippen molar-refractivity contribution < 1.29 is 21.7 Å². The van der Waals surface area contributed by atoms with E-state index in [1.165, 1.54) is 0 Å². The Bertz CT molecular complexity index is 128. The van der Waals surface area contributed by atoms with Crippen LogP contribution in [0.5, 0.6) is 0 Å². The second-order valence-corrected chi connectivity index (χ2v) is 2.56. The van der Waals surface area contributed by atoms with Gasteiger partial charge < -0.3 is 34.6 Å². The number of allylic oxidation sites excluding steroid dienone is 4. The summed E-state index contributed by atoms with van der Waals surface area (Å²) in [5, 5.41) is 0. The third kappa shape index (κ3) is 54.3. The van der Waals surface area contributed by atoms with E-state index in [2.05, 4.69) is 30.5 Å².